The van der Waals surface area contributed by atoms with Crippen LogP contribution in [0, 0.1) is 0 Å². The average molecular weight is 381 g/mol. The molecule has 1 saturated heterocycles. The molecule has 0 saturated carbocycles. The molecule has 1 aliphatic heterocycles. The predicted molar refractivity (Wildman–Crippen MR) is 102 cm³/mol. The fraction of sp³-hybridized carbons (Fsp3) is 0.647. The van der Waals surface area contributed by atoms with Crippen LogP contribution in [0.2, 0.25) is 0 Å². The van der Waals surface area contributed by atoms with Gasteiger partial charge in [-0.15, -0.1) is 24.8 Å². The maximum absolute atomic E-state index is 10.3. The number of hydrogen-bond donors (Lipinski definition) is 2. The smallest absolute Gasteiger partial charge is 0.118 e. The summed E-state index contributed by atoms with van der Waals surface area (Å²) in [5.41, 5.74) is 1.25. The summed E-state index contributed by atoms with van der Waals surface area (Å²) in [7, 11) is 3.39. The van der Waals surface area contributed by atoms with Gasteiger partial charge in [-0.05, 0) is 37.1 Å². The fourth-order valence-electron chi connectivity index (χ4n) is 2.87. The van der Waals surface area contributed by atoms with Gasteiger partial charge in [-0.1, -0.05) is 12.1 Å². The minimum Gasteiger partial charge on any atom is -0.497 e. The Labute approximate surface area is 157 Å². The summed E-state index contributed by atoms with van der Waals surface area (Å²) in [5.74, 6) is 0.878. The molecule has 0 aromatic heterocycles. The quantitative estimate of drug-likeness (QED) is 0.676. The lowest BCUT2D eigenvalue weighted by atomic mass is 10.0. The number of nitrogens with zero attached hydrogens (tertiary/aromatic N) is 1. The van der Waals surface area contributed by atoms with Gasteiger partial charge in [0.15, 0.2) is 0 Å². The minimum absolute atomic E-state index is 0. The van der Waals surface area contributed by atoms with Crippen molar-refractivity contribution in [2.45, 2.75) is 31.5 Å². The Hall–Kier alpha value is -0.560. The van der Waals surface area contributed by atoms with Gasteiger partial charge in [-0.2, -0.15) is 0 Å². The van der Waals surface area contributed by atoms with Crippen LogP contribution in [-0.2, 0) is 11.3 Å². The molecule has 1 aromatic carbocycles. The Kier molecular flexibility index (Phi) is 12.5. The minimum atomic E-state index is -0.311. The van der Waals surface area contributed by atoms with E-state index in [2.05, 4.69) is 22.3 Å². The molecule has 1 aromatic rings. The summed E-state index contributed by atoms with van der Waals surface area (Å²) >= 11 is 0. The first-order chi connectivity index (χ1) is 10.7. The van der Waals surface area contributed by atoms with E-state index in [-0.39, 0.29) is 37.0 Å². The first-order valence-electron chi connectivity index (χ1n) is 7.98. The molecule has 140 valence electrons. The van der Waals surface area contributed by atoms with Gasteiger partial charge in [0.25, 0.3) is 0 Å². The highest BCUT2D eigenvalue weighted by atomic mass is 35.5. The molecule has 0 radical (unpaired) electrons. The zero-order valence-electron chi connectivity index (χ0n) is 14.4. The molecular formula is C17H30Cl2N2O3. The number of ether oxygens (including phenoxy) is 2. The number of aliphatic hydroxyl groups is 1. The van der Waals surface area contributed by atoms with Gasteiger partial charge >= 0.3 is 0 Å². The van der Waals surface area contributed by atoms with Gasteiger partial charge < -0.3 is 19.9 Å². The highest BCUT2D eigenvalue weighted by molar-refractivity contribution is 5.85. The van der Waals surface area contributed by atoms with E-state index in [0.29, 0.717) is 6.54 Å². The molecule has 1 heterocycles. The van der Waals surface area contributed by atoms with Crippen molar-refractivity contribution in [3.63, 3.8) is 0 Å². The van der Waals surface area contributed by atoms with Crippen molar-refractivity contribution in [1.82, 2.24) is 10.2 Å². The Morgan fingerprint density at radius 1 is 1.21 bits per heavy atom. The fourth-order valence-corrected chi connectivity index (χ4v) is 2.87. The second-order valence-corrected chi connectivity index (χ2v) is 5.85. The van der Waals surface area contributed by atoms with Crippen LogP contribution >= 0.6 is 24.8 Å². The molecule has 1 fully saturated rings. The Balaban J connectivity index is 0.00000264. The van der Waals surface area contributed by atoms with Crippen molar-refractivity contribution in [3.8, 4) is 5.75 Å². The van der Waals surface area contributed by atoms with E-state index in [1.807, 2.05) is 12.1 Å². The molecule has 2 rings (SSSR count). The predicted octanol–water partition coefficient (Wildman–Crippen LogP) is 2.10. The van der Waals surface area contributed by atoms with Gasteiger partial charge in [0, 0.05) is 39.4 Å². The lowest BCUT2D eigenvalue weighted by molar-refractivity contribution is 0.0364. The average Bonchev–Trinajstić information content (AvgIpc) is 2.54. The van der Waals surface area contributed by atoms with Crippen LogP contribution in [0.15, 0.2) is 24.3 Å². The number of β-amino-alcohol motifs (C(OH)–C–C–N with tert-alkyl or cyclic N) is 1. The molecule has 1 aliphatic rings. The Morgan fingerprint density at radius 2 is 1.92 bits per heavy atom. The van der Waals surface area contributed by atoms with E-state index in [4.69, 9.17) is 9.47 Å². The molecule has 24 heavy (non-hydrogen) atoms. The zero-order valence-corrected chi connectivity index (χ0v) is 16.1. The standard InChI is InChI=1S/C17H28N2O3.2ClH/c1-21-11-3-9-18-16-8-10-19(13-17(16)20)12-14-4-6-15(22-2)7-5-14;;/h4-7,16-18,20H,3,8-13H2,1-2H3;2*1H/t16-,17-;;/m1../s1. The van der Waals surface area contributed by atoms with Crippen molar-refractivity contribution in [2.24, 2.45) is 0 Å². The number of benzene rings is 1. The molecule has 2 atom stereocenters. The molecule has 0 spiro atoms. The van der Waals surface area contributed by atoms with Crippen LogP contribution in [-0.4, -0.2) is 62.6 Å². The van der Waals surface area contributed by atoms with Crippen molar-refractivity contribution >= 4 is 24.8 Å². The van der Waals surface area contributed by atoms with Gasteiger partial charge in [0.05, 0.1) is 13.2 Å². The lowest BCUT2D eigenvalue weighted by Gasteiger charge is -2.36. The largest absolute Gasteiger partial charge is 0.497 e. The summed E-state index contributed by atoms with van der Waals surface area (Å²) in [6.45, 7) is 4.25. The number of methoxy groups -OCH3 is 2. The van der Waals surface area contributed by atoms with Gasteiger partial charge in [-0.25, -0.2) is 0 Å². The summed E-state index contributed by atoms with van der Waals surface area (Å²) < 4.78 is 10.2. The van der Waals surface area contributed by atoms with Gasteiger partial charge in [0.2, 0.25) is 0 Å². The first-order valence-corrected chi connectivity index (χ1v) is 7.98. The molecule has 5 nitrogen and oxygen atoms in total. The Bertz CT molecular complexity index is 434. The van der Waals surface area contributed by atoms with Crippen molar-refractivity contribution in [1.29, 1.82) is 0 Å². The molecule has 2 N–H and O–H groups in total. The third-order valence-electron chi connectivity index (χ3n) is 4.16. The van der Waals surface area contributed by atoms with Crippen LogP contribution in [0.5, 0.6) is 5.75 Å². The Morgan fingerprint density at radius 3 is 2.50 bits per heavy atom. The highest BCUT2D eigenvalue weighted by Gasteiger charge is 2.26. The van der Waals surface area contributed by atoms with E-state index < -0.39 is 0 Å². The lowest BCUT2D eigenvalue weighted by Crippen LogP contribution is -2.52. The number of aliphatic hydroxyl groups excluding tert-OH is 1. The van der Waals surface area contributed by atoms with Crippen LogP contribution in [0.3, 0.4) is 0 Å². The van der Waals surface area contributed by atoms with Gasteiger partial charge in [-0.3, -0.25) is 4.90 Å². The SMILES string of the molecule is COCCCN[C@@H]1CCN(Cc2ccc(OC)cc2)C[C@H]1O.Cl.Cl. The number of piperidine rings is 1. The summed E-state index contributed by atoms with van der Waals surface area (Å²) in [6.07, 6.45) is 1.65. The van der Waals surface area contributed by atoms with Crippen LogP contribution < -0.4 is 10.1 Å². The van der Waals surface area contributed by atoms with Crippen LogP contribution in [0.4, 0.5) is 0 Å². The van der Waals surface area contributed by atoms with Crippen molar-refractivity contribution < 1.29 is 14.6 Å². The number of likely N-dealkylation sites (tertiary alicyclic amines) is 1. The second-order valence-electron chi connectivity index (χ2n) is 5.85. The van der Waals surface area contributed by atoms with Crippen LogP contribution in [0.1, 0.15) is 18.4 Å². The number of hydrogen-bond acceptors (Lipinski definition) is 5. The van der Waals surface area contributed by atoms with E-state index in [9.17, 15) is 5.11 Å². The van der Waals surface area contributed by atoms with Crippen molar-refractivity contribution in [3.05, 3.63) is 29.8 Å². The normalized spacial score (nSPS) is 20.8. The molecule has 0 unspecified atom stereocenters. The summed E-state index contributed by atoms with van der Waals surface area (Å²) in [5, 5.41) is 13.7. The van der Waals surface area contributed by atoms with E-state index in [1.165, 1.54) is 5.56 Å². The number of halogens is 2. The summed E-state index contributed by atoms with van der Waals surface area (Å²) in [6, 6.07) is 8.33. The molecule has 0 bridgehead atoms. The molecular weight excluding hydrogens is 351 g/mol. The number of rotatable bonds is 8. The molecule has 0 amide bonds. The maximum atomic E-state index is 10.3. The van der Waals surface area contributed by atoms with E-state index in [1.54, 1.807) is 14.2 Å². The topological polar surface area (TPSA) is 54.0 Å². The number of nitrogens with one attached hydrogen (secondary N) is 1. The zero-order chi connectivity index (χ0) is 15.8. The van der Waals surface area contributed by atoms with E-state index >= 15 is 0 Å². The second kappa shape index (κ2) is 12.8. The third kappa shape index (κ3) is 7.55. The first kappa shape index (κ1) is 23.4. The molecule has 7 heteroatoms. The van der Waals surface area contributed by atoms with Crippen molar-refractivity contribution in [2.75, 3.05) is 40.5 Å². The monoisotopic (exact) mass is 380 g/mol. The molecule has 0 aliphatic carbocycles. The van der Waals surface area contributed by atoms with Gasteiger partial charge in [0.1, 0.15) is 5.75 Å². The maximum Gasteiger partial charge on any atom is 0.118 e. The van der Waals surface area contributed by atoms with Crippen LogP contribution in [0.25, 0.3) is 0 Å². The van der Waals surface area contributed by atoms with E-state index in [0.717, 1.165) is 44.8 Å². The third-order valence-corrected chi connectivity index (χ3v) is 4.16. The highest BCUT2D eigenvalue weighted by Crippen LogP contribution is 2.17. The summed E-state index contributed by atoms with van der Waals surface area (Å²) in [4.78, 5) is 2.31.